The molecule has 0 fully saturated rings. The molecular weight excluding hydrogens is 242 g/mol. The molecule has 3 N–H and O–H groups in total. The molecule has 112 valence electrons. The first-order valence-corrected chi connectivity index (χ1v) is 6.82. The number of likely N-dealkylation sites (N-methyl/N-ethyl adjacent to an activating group) is 1. The highest BCUT2D eigenvalue weighted by molar-refractivity contribution is 5.83. The minimum atomic E-state index is -0.294. The van der Waals surface area contributed by atoms with Crippen molar-refractivity contribution in [1.82, 2.24) is 16.0 Å². The van der Waals surface area contributed by atoms with Crippen LogP contribution in [0.25, 0.3) is 0 Å². The lowest BCUT2D eigenvalue weighted by molar-refractivity contribution is -0.119. The summed E-state index contributed by atoms with van der Waals surface area (Å²) in [4.78, 5) is 22.3. The van der Waals surface area contributed by atoms with Crippen LogP contribution in [0.15, 0.2) is 0 Å². The summed E-state index contributed by atoms with van der Waals surface area (Å²) in [6.45, 7) is 11.8. The normalized spacial score (nSPS) is 11.9. The standard InChI is InChI=1S/C14H29N3O2/c1-13(2,3)14(4,5)8-7-9-16-12(19)17-10-11(18)15-6/h7-10H2,1-6H3,(H,15,18)(H2,16,17,19). The van der Waals surface area contributed by atoms with E-state index in [1.165, 1.54) is 7.05 Å². The molecule has 19 heavy (non-hydrogen) atoms. The van der Waals surface area contributed by atoms with Crippen molar-refractivity contribution in [2.75, 3.05) is 20.1 Å². The molecule has 0 saturated heterocycles. The van der Waals surface area contributed by atoms with E-state index >= 15 is 0 Å². The summed E-state index contributed by atoms with van der Waals surface area (Å²) in [5.74, 6) is -0.205. The van der Waals surface area contributed by atoms with Crippen LogP contribution in [0.5, 0.6) is 0 Å². The van der Waals surface area contributed by atoms with Crippen LogP contribution in [0.2, 0.25) is 0 Å². The topological polar surface area (TPSA) is 70.2 Å². The van der Waals surface area contributed by atoms with Crippen molar-refractivity contribution in [3.8, 4) is 0 Å². The molecule has 0 aliphatic heterocycles. The minimum Gasteiger partial charge on any atom is -0.358 e. The van der Waals surface area contributed by atoms with Gasteiger partial charge >= 0.3 is 6.03 Å². The van der Waals surface area contributed by atoms with Crippen molar-refractivity contribution < 1.29 is 9.59 Å². The van der Waals surface area contributed by atoms with Crippen molar-refractivity contribution in [3.05, 3.63) is 0 Å². The Labute approximate surface area is 116 Å². The maximum Gasteiger partial charge on any atom is 0.315 e. The highest BCUT2D eigenvalue weighted by Crippen LogP contribution is 2.41. The average Bonchev–Trinajstić information content (AvgIpc) is 2.30. The lowest BCUT2D eigenvalue weighted by atomic mass is 9.67. The van der Waals surface area contributed by atoms with E-state index < -0.39 is 0 Å². The molecular formula is C14H29N3O2. The van der Waals surface area contributed by atoms with Gasteiger partial charge in [0, 0.05) is 13.6 Å². The molecule has 5 nitrogen and oxygen atoms in total. The van der Waals surface area contributed by atoms with Crippen LogP contribution in [0, 0.1) is 10.8 Å². The van der Waals surface area contributed by atoms with E-state index in [4.69, 9.17) is 0 Å². The maximum absolute atomic E-state index is 11.4. The summed E-state index contributed by atoms with van der Waals surface area (Å²) in [5.41, 5.74) is 0.474. The molecule has 0 rings (SSSR count). The molecule has 0 aromatic rings. The molecule has 0 radical (unpaired) electrons. The van der Waals surface area contributed by atoms with E-state index in [-0.39, 0.29) is 29.3 Å². The summed E-state index contributed by atoms with van der Waals surface area (Å²) < 4.78 is 0. The number of carbonyl (C=O) groups excluding carboxylic acids is 2. The summed E-state index contributed by atoms with van der Waals surface area (Å²) in [6.07, 6.45) is 1.98. The van der Waals surface area contributed by atoms with Crippen molar-refractivity contribution in [3.63, 3.8) is 0 Å². The third-order valence-electron chi connectivity index (χ3n) is 3.98. The third-order valence-corrected chi connectivity index (χ3v) is 3.98. The number of rotatable bonds is 6. The Bertz CT molecular complexity index is 306. The lowest BCUT2D eigenvalue weighted by Gasteiger charge is -2.39. The molecule has 5 heteroatoms. The summed E-state index contributed by atoms with van der Waals surface area (Å²) in [6, 6.07) is -0.294. The number of carbonyl (C=O) groups is 2. The highest BCUT2D eigenvalue weighted by Gasteiger charge is 2.31. The zero-order chi connectivity index (χ0) is 15.1. The number of hydrogen-bond acceptors (Lipinski definition) is 2. The van der Waals surface area contributed by atoms with Gasteiger partial charge in [-0.25, -0.2) is 4.79 Å². The maximum atomic E-state index is 11.4. The Hall–Kier alpha value is -1.26. The Morgan fingerprint density at radius 3 is 2.05 bits per heavy atom. The molecule has 0 saturated carbocycles. The Morgan fingerprint density at radius 1 is 1.00 bits per heavy atom. The van der Waals surface area contributed by atoms with Gasteiger partial charge in [0.1, 0.15) is 0 Å². The minimum absolute atomic E-state index is 0.00974. The number of urea groups is 1. The predicted octanol–water partition coefficient (Wildman–Crippen LogP) is 1.88. The zero-order valence-corrected chi connectivity index (χ0v) is 13.1. The Kier molecular flexibility index (Phi) is 6.87. The molecule has 3 amide bonds. The number of hydrogen-bond donors (Lipinski definition) is 3. The van der Waals surface area contributed by atoms with Crippen LogP contribution in [0.3, 0.4) is 0 Å². The first-order chi connectivity index (χ1) is 8.60. The van der Waals surface area contributed by atoms with Crippen molar-refractivity contribution in [2.24, 2.45) is 10.8 Å². The van der Waals surface area contributed by atoms with Crippen molar-refractivity contribution in [1.29, 1.82) is 0 Å². The van der Waals surface area contributed by atoms with Gasteiger partial charge in [-0.1, -0.05) is 34.6 Å². The van der Waals surface area contributed by atoms with Crippen molar-refractivity contribution >= 4 is 11.9 Å². The Morgan fingerprint density at radius 2 is 1.58 bits per heavy atom. The summed E-state index contributed by atoms with van der Waals surface area (Å²) in [5, 5.41) is 7.70. The van der Waals surface area contributed by atoms with E-state index in [1.54, 1.807) is 0 Å². The van der Waals surface area contributed by atoms with E-state index in [0.29, 0.717) is 6.54 Å². The molecule has 0 heterocycles. The van der Waals surface area contributed by atoms with E-state index in [0.717, 1.165) is 12.8 Å². The van der Waals surface area contributed by atoms with Crippen LogP contribution in [0.1, 0.15) is 47.5 Å². The van der Waals surface area contributed by atoms with E-state index in [1.807, 2.05) is 0 Å². The predicted molar refractivity (Wildman–Crippen MR) is 77.9 cm³/mol. The fourth-order valence-electron chi connectivity index (χ4n) is 1.42. The van der Waals surface area contributed by atoms with Gasteiger partial charge < -0.3 is 16.0 Å². The third kappa shape index (κ3) is 7.03. The molecule has 0 bridgehead atoms. The van der Waals surface area contributed by atoms with Crippen LogP contribution >= 0.6 is 0 Å². The van der Waals surface area contributed by atoms with Gasteiger partial charge in [-0.15, -0.1) is 0 Å². The summed E-state index contributed by atoms with van der Waals surface area (Å²) in [7, 11) is 1.54. The van der Waals surface area contributed by atoms with Gasteiger partial charge in [0.25, 0.3) is 0 Å². The van der Waals surface area contributed by atoms with E-state index in [2.05, 4.69) is 50.6 Å². The molecule has 0 aliphatic carbocycles. The fraction of sp³-hybridized carbons (Fsp3) is 0.857. The SMILES string of the molecule is CNC(=O)CNC(=O)NCCCC(C)(C)C(C)(C)C. The second-order valence-electron chi connectivity index (χ2n) is 6.52. The first-order valence-electron chi connectivity index (χ1n) is 6.82. The van der Waals surface area contributed by atoms with Crippen LogP contribution in [-0.2, 0) is 4.79 Å². The number of nitrogens with one attached hydrogen (secondary N) is 3. The highest BCUT2D eigenvalue weighted by atomic mass is 16.2. The largest absolute Gasteiger partial charge is 0.358 e. The fourth-order valence-corrected chi connectivity index (χ4v) is 1.42. The average molecular weight is 271 g/mol. The van der Waals surface area contributed by atoms with Gasteiger partial charge in [0.05, 0.1) is 6.54 Å². The first kappa shape index (κ1) is 17.7. The van der Waals surface area contributed by atoms with Crippen LogP contribution in [0.4, 0.5) is 4.79 Å². The molecule has 0 aromatic carbocycles. The van der Waals surface area contributed by atoms with Crippen LogP contribution in [-0.4, -0.2) is 32.1 Å². The Balaban J connectivity index is 3.81. The van der Waals surface area contributed by atoms with Crippen LogP contribution < -0.4 is 16.0 Å². The monoisotopic (exact) mass is 271 g/mol. The molecule has 0 atom stereocenters. The molecule has 0 aromatic heterocycles. The van der Waals surface area contributed by atoms with E-state index in [9.17, 15) is 9.59 Å². The second-order valence-corrected chi connectivity index (χ2v) is 6.52. The second kappa shape index (κ2) is 7.36. The van der Waals surface area contributed by atoms with Gasteiger partial charge in [0.15, 0.2) is 0 Å². The van der Waals surface area contributed by atoms with Crippen molar-refractivity contribution in [2.45, 2.75) is 47.5 Å². The zero-order valence-electron chi connectivity index (χ0n) is 13.1. The molecule has 0 aliphatic rings. The molecule has 0 unspecified atom stereocenters. The quantitative estimate of drug-likeness (QED) is 0.646. The lowest BCUT2D eigenvalue weighted by Crippen LogP contribution is -2.41. The van der Waals surface area contributed by atoms with Gasteiger partial charge in [-0.3, -0.25) is 4.79 Å². The molecule has 0 spiro atoms. The summed E-state index contributed by atoms with van der Waals surface area (Å²) >= 11 is 0. The van der Waals surface area contributed by atoms with Gasteiger partial charge in [-0.05, 0) is 23.7 Å². The van der Waals surface area contributed by atoms with Gasteiger partial charge in [-0.2, -0.15) is 0 Å². The smallest absolute Gasteiger partial charge is 0.315 e. The van der Waals surface area contributed by atoms with Gasteiger partial charge in [0.2, 0.25) is 5.91 Å². The number of amides is 3.